The van der Waals surface area contributed by atoms with Crippen molar-refractivity contribution >= 4 is 23.2 Å². The minimum absolute atomic E-state index is 0.107. The predicted octanol–water partition coefficient (Wildman–Crippen LogP) is 0.890. The lowest BCUT2D eigenvalue weighted by atomic mass is 10.2. The second-order valence-corrected chi connectivity index (χ2v) is 3.12. The Morgan fingerprint density at radius 2 is 2.15 bits per heavy atom. The van der Waals surface area contributed by atoms with Gasteiger partial charge in [-0.05, 0) is 6.07 Å². The van der Waals surface area contributed by atoms with Gasteiger partial charge >= 0.3 is 0 Å². The number of amides is 1. The third kappa shape index (κ3) is 1.58. The average molecular weight is 198 g/mol. The van der Waals surface area contributed by atoms with Gasteiger partial charge < -0.3 is 10.6 Å². The van der Waals surface area contributed by atoms with E-state index >= 15 is 0 Å². The second-order valence-electron chi connectivity index (χ2n) is 2.74. The molecule has 0 aromatic carbocycles. The van der Waals surface area contributed by atoms with E-state index in [-0.39, 0.29) is 5.91 Å². The Morgan fingerprint density at radius 1 is 1.38 bits per heavy atom. The molecule has 0 aliphatic carbocycles. The summed E-state index contributed by atoms with van der Waals surface area (Å²) in [5, 5.41) is 6.21. The molecule has 1 aromatic rings. The summed E-state index contributed by atoms with van der Waals surface area (Å²) >= 11 is 5.69. The maximum Gasteiger partial charge on any atom is 0.255 e. The quantitative estimate of drug-likeness (QED) is 0.608. The van der Waals surface area contributed by atoms with Crippen LogP contribution in [0.1, 0.15) is 10.4 Å². The Hall–Kier alpha value is -1.29. The summed E-state index contributed by atoms with van der Waals surface area (Å²) in [6.07, 6.45) is 1.48. The van der Waals surface area contributed by atoms with Crippen molar-refractivity contribution in [1.82, 2.24) is 10.3 Å². The van der Waals surface area contributed by atoms with Crippen molar-refractivity contribution < 1.29 is 4.79 Å². The van der Waals surface area contributed by atoms with Crippen LogP contribution in [0, 0.1) is 0 Å². The minimum Gasteiger partial charge on any atom is -0.382 e. The van der Waals surface area contributed by atoms with Crippen molar-refractivity contribution in [1.29, 1.82) is 0 Å². The van der Waals surface area contributed by atoms with Gasteiger partial charge in [0.05, 0.1) is 11.3 Å². The number of carbonyl (C=O) groups excluding carboxylic acids is 1. The number of fused-ring (bicyclic) bond motifs is 1. The van der Waals surface area contributed by atoms with Gasteiger partial charge in [-0.2, -0.15) is 0 Å². The number of halogens is 1. The Morgan fingerprint density at radius 3 is 3.00 bits per heavy atom. The monoisotopic (exact) mass is 197 g/mol. The van der Waals surface area contributed by atoms with E-state index in [1.54, 1.807) is 6.07 Å². The van der Waals surface area contributed by atoms with E-state index in [4.69, 9.17) is 11.6 Å². The molecule has 1 aliphatic rings. The molecule has 5 heteroatoms. The largest absolute Gasteiger partial charge is 0.382 e. The number of aromatic nitrogens is 1. The molecule has 0 saturated carbocycles. The van der Waals surface area contributed by atoms with Gasteiger partial charge in [0, 0.05) is 19.3 Å². The van der Waals surface area contributed by atoms with Crippen LogP contribution in [-0.4, -0.2) is 24.0 Å². The van der Waals surface area contributed by atoms with E-state index in [0.29, 0.717) is 23.8 Å². The van der Waals surface area contributed by atoms with Gasteiger partial charge in [0.1, 0.15) is 5.15 Å². The van der Waals surface area contributed by atoms with Crippen molar-refractivity contribution in [3.8, 4) is 0 Å². The van der Waals surface area contributed by atoms with Gasteiger partial charge in [0.2, 0.25) is 0 Å². The van der Waals surface area contributed by atoms with E-state index in [1.165, 1.54) is 6.20 Å². The molecule has 0 radical (unpaired) electrons. The number of pyridine rings is 1. The van der Waals surface area contributed by atoms with E-state index in [1.807, 2.05) is 0 Å². The molecule has 0 atom stereocenters. The van der Waals surface area contributed by atoms with Crippen LogP contribution in [0.4, 0.5) is 5.69 Å². The molecule has 4 nitrogen and oxygen atoms in total. The first-order valence-corrected chi connectivity index (χ1v) is 4.33. The molecular formula is C8H8ClN3O. The normalized spacial score (nSPS) is 15.3. The first-order chi connectivity index (χ1) is 6.27. The van der Waals surface area contributed by atoms with Gasteiger partial charge in [-0.3, -0.25) is 4.79 Å². The number of anilines is 1. The van der Waals surface area contributed by atoms with E-state index in [2.05, 4.69) is 15.6 Å². The third-order valence-corrected chi connectivity index (χ3v) is 2.05. The molecule has 0 fully saturated rings. The Labute approximate surface area is 80.3 Å². The molecule has 0 spiro atoms. The number of carbonyl (C=O) groups is 1. The summed E-state index contributed by atoms with van der Waals surface area (Å²) in [6.45, 7) is 1.32. The Balaban J connectivity index is 2.48. The lowest BCUT2D eigenvalue weighted by Gasteiger charge is -2.04. The lowest BCUT2D eigenvalue weighted by Crippen LogP contribution is -2.24. The standard InChI is InChI=1S/C8H8ClN3O/c9-7-3-6-5(4-12-7)8(13)11-2-1-10-6/h3-4,10H,1-2H2,(H,11,13). The SMILES string of the molecule is O=C1NCCNc2cc(Cl)ncc21. The van der Waals surface area contributed by atoms with Crippen molar-refractivity contribution in [2.75, 3.05) is 18.4 Å². The first-order valence-electron chi connectivity index (χ1n) is 3.95. The second kappa shape index (κ2) is 3.22. The fraction of sp³-hybridized carbons (Fsp3) is 0.250. The Bertz CT molecular complexity index is 353. The summed E-state index contributed by atoms with van der Waals surface area (Å²) in [5.41, 5.74) is 1.29. The molecule has 0 unspecified atom stereocenters. The molecular weight excluding hydrogens is 190 g/mol. The van der Waals surface area contributed by atoms with Crippen molar-refractivity contribution in [2.24, 2.45) is 0 Å². The molecule has 13 heavy (non-hydrogen) atoms. The predicted molar refractivity (Wildman–Crippen MR) is 50.1 cm³/mol. The molecule has 68 valence electrons. The lowest BCUT2D eigenvalue weighted by molar-refractivity contribution is 0.0957. The highest BCUT2D eigenvalue weighted by Crippen LogP contribution is 2.19. The van der Waals surface area contributed by atoms with Crippen molar-refractivity contribution in [2.45, 2.75) is 0 Å². The van der Waals surface area contributed by atoms with Crippen LogP contribution >= 0.6 is 11.6 Å². The van der Waals surface area contributed by atoms with Crippen LogP contribution in [-0.2, 0) is 0 Å². The topological polar surface area (TPSA) is 54.0 Å². The number of nitrogens with one attached hydrogen (secondary N) is 2. The maximum absolute atomic E-state index is 11.4. The molecule has 1 amide bonds. The molecule has 0 saturated heterocycles. The number of hydrogen-bond acceptors (Lipinski definition) is 3. The van der Waals surface area contributed by atoms with Crippen LogP contribution in [0.3, 0.4) is 0 Å². The highest BCUT2D eigenvalue weighted by atomic mass is 35.5. The molecule has 2 heterocycles. The fourth-order valence-electron chi connectivity index (χ4n) is 1.23. The molecule has 1 aromatic heterocycles. The average Bonchev–Trinajstić information content (AvgIpc) is 2.28. The highest BCUT2D eigenvalue weighted by Gasteiger charge is 2.14. The minimum atomic E-state index is -0.107. The van der Waals surface area contributed by atoms with E-state index < -0.39 is 0 Å². The third-order valence-electron chi connectivity index (χ3n) is 1.84. The summed E-state index contributed by atoms with van der Waals surface area (Å²) in [5.74, 6) is -0.107. The number of rotatable bonds is 0. The van der Waals surface area contributed by atoms with Gasteiger partial charge in [0.25, 0.3) is 5.91 Å². The summed E-state index contributed by atoms with van der Waals surface area (Å²) in [4.78, 5) is 15.2. The number of nitrogens with zero attached hydrogens (tertiary/aromatic N) is 1. The summed E-state index contributed by atoms with van der Waals surface area (Å²) in [7, 11) is 0. The molecule has 1 aliphatic heterocycles. The van der Waals surface area contributed by atoms with Crippen LogP contribution in [0.5, 0.6) is 0 Å². The highest BCUT2D eigenvalue weighted by molar-refractivity contribution is 6.29. The summed E-state index contributed by atoms with van der Waals surface area (Å²) in [6, 6.07) is 1.65. The maximum atomic E-state index is 11.4. The van der Waals surface area contributed by atoms with Crippen molar-refractivity contribution in [3.05, 3.63) is 23.0 Å². The van der Waals surface area contributed by atoms with Crippen LogP contribution in [0.2, 0.25) is 5.15 Å². The molecule has 2 rings (SSSR count). The fourth-order valence-corrected chi connectivity index (χ4v) is 1.38. The zero-order valence-corrected chi connectivity index (χ0v) is 7.56. The zero-order valence-electron chi connectivity index (χ0n) is 6.80. The van der Waals surface area contributed by atoms with Crippen molar-refractivity contribution in [3.63, 3.8) is 0 Å². The Kier molecular flexibility index (Phi) is 2.06. The van der Waals surface area contributed by atoms with Crippen LogP contribution in [0.25, 0.3) is 0 Å². The van der Waals surface area contributed by atoms with Crippen LogP contribution < -0.4 is 10.6 Å². The molecule has 2 N–H and O–H groups in total. The van der Waals surface area contributed by atoms with E-state index in [9.17, 15) is 4.79 Å². The van der Waals surface area contributed by atoms with Gasteiger partial charge in [0.15, 0.2) is 0 Å². The van der Waals surface area contributed by atoms with Gasteiger partial charge in [-0.15, -0.1) is 0 Å². The van der Waals surface area contributed by atoms with E-state index in [0.717, 1.165) is 5.69 Å². The summed E-state index contributed by atoms with van der Waals surface area (Å²) < 4.78 is 0. The smallest absolute Gasteiger partial charge is 0.255 e. The van der Waals surface area contributed by atoms with Gasteiger partial charge in [-0.25, -0.2) is 4.98 Å². The first kappa shape index (κ1) is 8.31. The molecule has 0 bridgehead atoms. The zero-order chi connectivity index (χ0) is 9.26. The van der Waals surface area contributed by atoms with Gasteiger partial charge in [-0.1, -0.05) is 11.6 Å². The number of hydrogen-bond donors (Lipinski definition) is 2. The van der Waals surface area contributed by atoms with Crippen LogP contribution in [0.15, 0.2) is 12.3 Å².